The van der Waals surface area contributed by atoms with E-state index in [0.717, 1.165) is 17.1 Å². The summed E-state index contributed by atoms with van der Waals surface area (Å²) in [5.41, 5.74) is 1.20. The number of carboxylic acid groups (broad SMARTS) is 1. The fourth-order valence-corrected chi connectivity index (χ4v) is 2.47. The lowest BCUT2D eigenvalue weighted by atomic mass is 10.3. The molecule has 5 heteroatoms. The number of aromatic nitrogens is 2. The monoisotopic (exact) mass is 210 g/mol. The quantitative estimate of drug-likeness (QED) is 0.824. The van der Waals surface area contributed by atoms with E-state index in [4.69, 9.17) is 5.11 Å². The predicted molar refractivity (Wildman–Crippen MR) is 54.1 cm³/mol. The van der Waals surface area contributed by atoms with Crippen LogP contribution in [0.3, 0.4) is 0 Å². The van der Waals surface area contributed by atoms with E-state index in [1.165, 1.54) is 4.88 Å². The Morgan fingerprint density at radius 3 is 2.93 bits per heavy atom. The topological polar surface area (TPSA) is 54.6 Å². The molecular weight excluding hydrogens is 200 g/mol. The summed E-state index contributed by atoms with van der Waals surface area (Å²) in [5.74, 6) is -0.974. The molecule has 0 aliphatic heterocycles. The van der Waals surface area contributed by atoms with Crippen molar-refractivity contribution < 1.29 is 9.90 Å². The Bertz CT molecular complexity index is 498. The zero-order chi connectivity index (χ0) is 10.3. The zero-order valence-corrected chi connectivity index (χ0v) is 8.76. The van der Waals surface area contributed by atoms with Gasteiger partial charge in [-0.3, -0.25) is 4.40 Å². The molecule has 0 aliphatic rings. The van der Waals surface area contributed by atoms with Crippen LogP contribution in [0.2, 0.25) is 0 Å². The first-order valence-corrected chi connectivity index (χ1v) is 5.15. The van der Waals surface area contributed by atoms with Crippen LogP contribution in [0.5, 0.6) is 0 Å². The van der Waals surface area contributed by atoms with Crippen LogP contribution >= 0.6 is 11.3 Å². The summed E-state index contributed by atoms with van der Waals surface area (Å²) in [6.07, 6.45) is 2.53. The van der Waals surface area contributed by atoms with Crippen LogP contribution in [-0.2, 0) is 6.42 Å². The molecule has 2 aromatic rings. The molecule has 0 fully saturated rings. The van der Waals surface area contributed by atoms with Gasteiger partial charge in [0.25, 0.3) is 0 Å². The Labute approximate surface area is 84.8 Å². The molecule has 0 saturated carbocycles. The highest BCUT2D eigenvalue weighted by molar-refractivity contribution is 7.17. The maximum absolute atomic E-state index is 10.7. The molecule has 0 unspecified atom stereocenters. The van der Waals surface area contributed by atoms with Crippen LogP contribution in [0.1, 0.15) is 28.0 Å². The Morgan fingerprint density at radius 2 is 2.43 bits per heavy atom. The smallest absolute Gasteiger partial charge is 0.356 e. The molecule has 2 heterocycles. The zero-order valence-electron chi connectivity index (χ0n) is 7.94. The number of hydrogen-bond acceptors (Lipinski definition) is 3. The van der Waals surface area contributed by atoms with Crippen molar-refractivity contribution in [3.63, 3.8) is 0 Å². The van der Waals surface area contributed by atoms with E-state index < -0.39 is 5.97 Å². The SMILES string of the molecule is CCc1sc2nc(C(=O)O)cn2c1C. The second-order valence-corrected chi connectivity index (χ2v) is 4.11. The number of aromatic carboxylic acids is 1. The van der Waals surface area contributed by atoms with Crippen molar-refractivity contribution >= 4 is 22.3 Å². The summed E-state index contributed by atoms with van der Waals surface area (Å²) in [4.78, 5) is 16.7. The minimum atomic E-state index is -0.974. The lowest BCUT2D eigenvalue weighted by molar-refractivity contribution is 0.0691. The summed E-state index contributed by atoms with van der Waals surface area (Å²) >= 11 is 1.55. The minimum absolute atomic E-state index is 0.113. The summed E-state index contributed by atoms with van der Waals surface area (Å²) in [6, 6.07) is 0. The number of nitrogens with zero attached hydrogens (tertiary/aromatic N) is 2. The van der Waals surface area contributed by atoms with Gasteiger partial charge in [0.2, 0.25) is 0 Å². The van der Waals surface area contributed by atoms with Crippen LogP contribution < -0.4 is 0 Å². The average molecular weight is 210 g/mol. The van der Waals surface area contributed by atoms with Gasteiger partial charge in [0, 0.05) is 16.8 Å². The van der Waals surface area contributed by atoms with Crippen molar-refractivity contribution in [1.29, 1.82) is 0 Å². The van der Waals surface area contributed by atoms with Gasteiger partial charge in [-0.1, -0.05) is 6.92 Å². The van der Waals surface area contributed by atoms with E-state index in [-0.39, 0.29) is 5.69 Å². The summed E-state index contributed by atoms with van der Waals surface area (Å²) in [6.45, 7) is 4.06. The molecule has 1 N–H and O–H groups in total. The number of carboxylic acids is 1. The van der Waals surface area contributed by atoms with Crippen LogP contribution in [0.4, 0.5) is 0 Å². The summed E-state index contributed by atoms with van der Waals surface area (Å²) < 4.78 is 1.84. The van der Waals surface area contributed by atoms with E-state index in [2.05, 4.69) is 11.9 Å². The Hall–Kier alpha value is -1.36. The van der Waals surface area contributed by atoms with Crippen LogP contribution in [0, 0.1) is 6.92 Å². The maximum Gasteiger partial charge on any atom is 0.356 e. The molecule has 14 heavy (non-hydrogen) atoms. The first-order valence-electron chi connectivity index (χ1n) is 4.34. The summed E-state index contributed by atoms with van der Waals surface area (Å²) in [7, 11) is 0. The first kappa shape index (κ1) is 9.21. The lowest BCUT2D eigenvalue weighted by Crippen LogP contribution is -1.95. The molecule has 0 bridgehead atoms. The first-order chi connectivity index (χ1) is 6.63. The van der Waals surface area contributed by atoms with Gasteiger partial charge in [-0.2, -0.15) is 0 Å². The van der Waals surface area contributed by atoms with Crippen LogP contribution in [0.25, 0.3) is 4.96 Å². The molecule has 0 aliphatic carbocycles. The average Bonchev–Trinajstić information content (AvgIpc) is 2.66. The van der Waals surface area contributed by atoms with Gasteiger partial charge < -0.3 is 5.11 Å². The number of thiazole rings is 1. The largest absolute Gasteiger partial charge is 0.476 e. The fraction of sp³-hybridized carbons (Fsp3) is 0.333. The fourth-order valence-electron chi connectivity index (χ4n) is 1.43. The third kappa shape index (κ3) is 1.21. The van der Waals surface area contributed by atoms with Gasteiger partial charge >= 0.3 is 5.97 Å². The molecule has 4 nitrogen and oxygen atoms in total. The molecule has 0 amide bonds. The second kappa shape index (κ2) is 3.09. The van der Waals surface area contributed by atoms with Gasteiger partial charge in [-0.25, -0.2) is 9.78 Å². The van der Waals surface area contributed by atoms with Gasteiger partial charge in [-0.15, -0.1) is 11.3 Å². The van der Waals surface area contributed by atoms with Crippen LogP contribution in [0.15, 0.2) is 6.20 Å². The Morgan fingerprint density at radius 1 is 1.71 bits per heavy atom. The van der Waals surface area contributed by atoms with Gasteiger partial charge in [0.05, 0.1) is 0 Å². The van der Waals surface area contributed by atoms with E-state index in [1.54, 1.807) is 17.5 Å². The molecule has 0 saturated heterocycles. The van der Waals surface area contributed by atoms with E-state index in [1.807, 2.05) is 11.3 Å². The van der Waals surface area contributed by atoms with Crippen molar-refractivity contribution in [2.75, 3.05) is 0 Å². The third-order valence-corrected chi connectivity index (χ3v) is 3.49. The van der Waals surface area contributed by atoms with Crippen molar-refractivity contribution in [3.05, 3.63) is 22.5 Å². The molecule has 0 radical (unpaired) electrons. The molecular formula is C9H10N2O2S. The van der Waals surface area contributed by atoms with Crippen molar-refractivity contribution in [2.45, 2.75) is 20.3 Å². The number of hydrogen-bond donors (Lipinski definition) is 1. The Balaban J connectivity index is 2.64. The van der Waals surface area contributed by atoms with Gasteiger partial charge in [0.15, 0.2) is 10.7 Å². The predicted octanol–water partition coefficient (Wildman–Crippen LogP) is 1.96. The van der Waals surface area contributed by atoms with Crippen LogP contribution in [-0.4, -0.2) is 20.5 Å². The molecule has 0 aromatic carbocycles. The molecule has 2 rings (SSSR count). The van der Waals surface area contributed by atoms with E-state index in [0.29, 0.717) is 0 Å². The van der Waals surface area contributed by atoms with E-state index in [9.17, 15) is 4.79 Å². The summed E-state index contributed by atoms with van der Waals surface area (Å²) in [5, 5.41) is 8.75. The number of rotatable bonds is 2. The van der Waals surface area contributed by atoms with E-state index >= 15 is 0 Å². The molecule has 0 spiro atoms. The number of carbonyl (C=O) groups is 1. The number of aryl methyl sites for hydroxylation is 2. The van der Waals surface area contributed by atoms with Crippen molar-refractivity contribution in [3.8, 4) is 0 Å². The second-order valence-electron chi connectivity index (χ2n) is 3.05. The highest BCUT2D eigenvalue weighted by Crippen LogP contribution is 2.23. The normalized spacial score (nSPS) is 11.0. The number of fused-ring (bicyclic) bond motifs is 1. The van der Waals surface area contributed by atoms with Gasteiger partial charge in [-0.05, 0) is 13.3 Å². The maximum atomic E-state index is 10.7. The third-order valence-electron chi connectivity index (χ3n) is 2.19. The molecule has 2 aromatic heterocycles. The van der Waals surface area contributed by atoms with Crippen molar-refractivity contribution in [1.82, 2.24) is 9.38 Å². The van der Waals surface area contributed by atoms with Gasteiger partial charge in [0.1, 0.15) is 0 Å². The number of imidazole rings is 1. The molecule has 74 valence electrons. The molecule has 0 atom stereocenters. The minimum Gasteiger partial charge on any atom is -0.476 e. The highest BCUT2D eigenvalue weighted by Gasteiger charge is 2.13. The Kier molecular flexibility index (Phi) is 2.03. The highest BCUT2D eigenvalue weighted by atomic mass is 32.1. The lowest BCUT2D eigenvalue weighted by Gasteiger charge is -1.91. The van der Waals surface area contributed by atoms with Crippen molar-refractivity contribution in [2.24, 2.45) is 0 Å². The standard InChI is InChI=1S/C9H10N2O2S/c1-3-7-5(2)11-4-6(8(12)13)10-9(11)14-7/h4H,3H2,1-2H3,(H,12,13).